The number of carbonyl (C=O) groups is 3. The third-order valence-corrected chi connectivity index (χ3v) is 7.68. The molecule has 2 heterocycles. The van der Waals surface area contributed by atoms with E-state index >= 15 is 0 Å². The largest absolute Gasteiger partial charge is 0.456 e. The van der Waals surface area contributed by atoms with E-state index in [1.807, 2.05) is 20.8 Å². The van der Waals surface area contributed by atoms with Crippen LogP contribution in [0.5, 0.6) is 0 Å². The van der Waals surface area contributed by atoms with Gasteiger partial charge >= 0.3 is 17.9 Å². The summed E-state index contributed by atoms with van der Waals surface area (Å²) in [5, 5.41) is 0. The van der Waals surface area contributed by atoms with Crippen molar-refractivity contribution in [2.75, 3.05) is 0 Å². The summed E-state index contributed by atoms with van der Waals surface area (Å²) in [6.45, 7) is 18.0. The summed E-state index contributed by atoms with van der Waals surface area (Å²) in [6.07, 6.45) is 1.25. The quantitative estimate of drug-likeness (QED) is 0.181. The molecule has 0 bridgehead atoms. The Labute approximate surface area is 207 Å². The Hall–Kier alpha value is -2.45. The van der Waals surface area contributed by atoms with Crippen LogP contribution in [0.1, 0.15) is 68.2 Å². The fourth-order valence-corrected chi connectivity index (χ4v) is 4.80. The predicted octanol–water partition coefficient (Wildman–Crippen LogP) is 3.98. The molecule has 3 rings (SSSR count). The number of fused-ring (bicyclic) bond motifs is 2. The number of ether oxygens (including phenoxy) is 5. The predicted molar refractivity (Wildman–Crippen MR) is 128 cm³/mol. The van der Waals surface area contributed by atoms with Gasteiger partial charge in [-0.3, -0.25) is 4.79 Å². The van der Waals surface area contributed by atoms with Crippen LogP contribution >= 0.6 is 0 Å². The molecule has 0 spiro atoms. The van der Waals surface area contributed by atoms with Gasteiger partial charge in [0.1, 0.15) is 23.4 Å². The molecule has 194 valence electrons. The molecular formula is C27H38O8. The molecule has 0 radical (unpaired) electrons. The van der Waals surface area contributed by atoms with E-state index in [0.29, 0.717) is 24.0 Å². The van der Waals surface area contributed by atoms with Gasteiger partial charge in [0.2, 0.25) is 0 Å². The molecule has 0 amide bonds. The number of epoxide rings is 2. The van der Waals surface area contributed by atoms with Gasteiger partial charge in [0, 0.05) is 30.4 Å². The van der Waals surface area contributed by atoms with E-state index < -0.39 is 53.5 Å². The molecule has 1 saturated carbocycles. The van der Waals surface area contributed by atoms with E-state index in [0.717, 1.165) is 5.57 Å². The number of rotatable bonds is 6. The van der Waals surface area contributed by atoms with Gasteiger partial charge in [-0.1, -0.05) is 24.3 Å². The second-order valence-electron chi connectivity index (χ2n) is 10.2. The lowest BCUT2D eigenvalue weighted by atomic mass is 9.77. The number of carbonyl (C=O) groups excluding carboxylic acids is 3. The van der Waals surface area contributed by atoms with Crippen LogP contribution in [0.3, 0.4) is 0 Å². The Balaban J connectivity index is 2.02. The van der Waals surface area contributed by atoms with E-state index in [-0.39, 0.29) is 12.0 Å². The highest BCUT2D eigenvalue weighted by atomic mass is 16.7. The maximum atomic E-state index is 12.8. The second-order valence-corrected chi connectivity index (χ2v) is 10.2. The topological polar surface area (TPSA) is 104 Å². The third kappa shape index (κ3) is 5.38. The van der Waals surface area contributed by atoms with Gasteiger partial charge in [0.25, 0.3) is 0 Å². The van der Waals surface area contributed by atoms with Crippen LogP contribution in [0.15, 0.2) is 35.5 Å². The van der Waals surface area contributed by atoms with Crippen molar-refractivity contribution in [2.24, 2.45) is 5.92 Å². The zero-order valence-corrected chi connectivity index (χ0v) is 22.0. The first-order chi connectivity index (χ1) is 16.3. The van der Waals surface area contributed by atoms with Crippen molar-refractivity contribution in [1.82, 2.24) is 0 Å². The first kappa shape index (κ1) is 27.1. The molecule has 2 aliphatic heterocycles. The lowest BCUT2D eigenvalue weighted by Gasteiger charge is -2.36. The minimum Gasteiger partial charge on any atom is -0.456 e. The Kier molecular flexibility index (Phi) is 7.67. The molecule has 0 aromatic rings. The smallest absolute Gasteiger partial charge is 0.333 e. The molecule has 2 saturated heterocycles. The van der Waals surface area contributed by atoms with Crippen molar-refractivity contribution in [3.8, 4) is 0 Å². The summed E-state index contributed by atoms with van der Waals surface area (Å²) >= 11 is 0. The highest BCUT2D eigenvalue weighted by Gasteiger charge is 2.69. The molecule has 0 N–H and O–H groups in total. The Morgan fingerprint density at radius 1 is 0.829 bits per heavy atom. The van der Waals surface area contributed by atoms with Gasteiger partial charge in [-0.2, -0.15) is 0 Å². The van der Waals surface area contributed by atoms with Crippen LogP contribution in [0.2, 0.25) is 0 Å². The van der Waals surface area contributed by atoms with E-state index in [2.05, 4.69) is 6.58 Å². The first-order valence-electron chi connectivity index (χ1n) is 12.1. The van der Waals surface area contributed by atoms with Gasteiger partial charge in [-0.25, -0.2) is 9.59 Å². The van der Waals surface area contributed by atoms with Gasteiger partial charge < -0.3 is 23.7 Å². The number of hydrogen-bond donors (Lipinski definition) is 0. The summed E-state index contributed by atoms with van der Waals surface area (Å²) in [5.74, 6) is -1.79. The highest BCUT2D eigenvalue weighted by Crippen LogP contribution is 2.54. The number of esters is 3. The molecule has 8 unspecified atom stereocenters. The maximum absolute atomic E-state index is 12.8. The van der Waals surface area contributed by atoms with Crippen molar-refractivity contribution in [3.05, 3.63) is 35.5 Å². The Morgan fingerprint density at radius 2 is 1.34 bits per heavy atom. The van der Waals surface area contributed by atoms with Crippen LogP contribution in [-0.2, 0) is 38.1 Å². The van der Waals surface area contributed by atoms with Gasteiger partial charge in [-0.15, -0.1) is 0 Å². The van der Waals surface area contributed by atoms with Crippen molar-refractivity contribution in [2.45, 2.75) is 110 Å². The molecule has 0 aromatic heterocycles. The monoisotopic (exact) mass is 490 g/mol. The summed E-state index contributed by atoms with van der Waals surface area (Å²) < 4.78 is 29.9. The first-order valence-corrected chi connectivity index (χ1v) is 12.1. The van der Waals surface area contributed by atoms with Gasteiger partial charge in [0.05, 0.1) is 12.2 Å². The zero-order valence-electron chi connectivity index (χ0n) is 22.0. The third-order valence-electron chi connectivity index (χ3n) is 7.68. The van der Waals surface area contributed by atoms with Crippen LogP contribution < -0.4 is 0 Å². The molecule has 0 aromatic carbocycles. The lowest BCUT2D eigenvalue weighted by molar-refractivity contribution is -0.174. The van der Waals surface area contributed by atoms with E-state index in [4.69, 9.17) is 23.7 Å². The van der Waals surface area contributed by atoms with E-state index in [9.17, 15) is 14.4 Å². The SMILES string of the molecule is C=C(C)C1CC2OC2(C)C(OC(=O)C(C)=CC)CC2OC2(C)C(OC(C)=O)C1OC(=O)C(C)=CC. The summed E-state index contributed by atoms with van der Waals surface area (Å²) in [4.78, 5) is 37.6. The molecule has 8 atom stereocenters. The highest BCUT2D eigenvalue weighted by molar-refractivity contribution is 5.88. The Morgan fingerprint density at radius 3 is 1.86 bits per heavy atom. The summed E-state index contributed by atoms with van der Waals surface area (Å²) in [7, 11) is 0. The van der Waals surface area contributed by atoms with Crippen LogP contribution in [0.4, 0.5) is 0 Å². The molecule has 8 heteroatoms. The lowest BCUT2D eigenvalue weighted by Crippen LogP contribution is -2.51. The normalized spacial score (nSPS) is 38.9. The van der Waals surface area contributed by atoms with Crippen molar-refractivity contribution in [1.29, 1.82) is 0 Å². The van der Waals surface area contributed by atoms with Crippen molar-refractivity contribution in [3.63, 3.8) is 0 Å². The molecule has 3 aliphatic rings. The van der Waals surface area contributed by atoms with E-state index in [1.54, 1.807) is 39.8 Å². The van der Waals surface area contributed by atoms with Crippen molar-refractivity contribution >= 4 is 17.9 Å². The summed E-state index contributed by atoms with van der Waals surface area (Å²) in [6, 6.07) is 0. The molecule has 3 fully saturated rings. The molecule has 8 nitrogen and oxygen atoms in total. The van der Waals surface area contributed by atoms with Crippen LogP contribution in [0, 0.1) is 5.92 Å². The fraction of sp³-hybridized carbons (Fsp3) is 0.667. The Bertz CT molecular complexity index is 964. The minimum absolute atomic E-state index is 0.266. The molecule has 35 heavy (non-hydrogen) atoms. The maximum Gasteiger partial charge on any atom is 0.333 e. The fourth-order valence-electron chi connectivity index (χ4n) is 4.80. The second kappa shape index (κ2) is 9.90. The van der Waals surface area contributed by atoms with Crippen LogP contribution in [-0.4, -0.2) is 59.6 Å². The average molecular weight is 491 g/mol. The standard InChI is InChI=1S/C27H38O8/c1-10-15(5)24(29)32-19-13-21-27(9,35-21)23(31-17(7)28)22(33-25(30)16(6)11-2)18(14(3)4)12-20-26(19,8)34-20/h10-11,18-23H,3,12-13H2,1-2,4-9H3. The molecular weight excluding hydrogens is 452 g/mol. The molecule has 1 aliphatic carbocycles. The average Bonchev–Trinajstić information content (AvgIpc) is 3.66. The van der Waals surface area contributed by atoms with Gasteiger partial charge in [0.15, 0.2) is 6.10 Å². The van der Waals surface area contributed by atoms with Gasteiger partial charge in [-0.05, 0) is 54.9 Å². The summed E-state index contributed by atoms with van der Waals surface area (Å²) in [5.41, 5.74) is 0.0575. The van der Waals surface area contributed by atoms with Crippen molar-refractivity contribution < 1.29 is 38.1 Å². The minimum atomic E-state index is -0.938. The number of hydrogen-bond acceptors (Lipinski definition) is 8. The number of allylic oxidation sites excluding steroid dienone is 2. The van der Waals surface area contributed by atoms with E-state index in [1.165, 1.54) is 6.92 Å². The zero-order chi connectivity index (χ0) is 26.3. The van der Waals surface area contributed by atoms with Crippen LogP contribution in [0.25, 0.3) is 0 Å².